The summed E-state index contributed by atoms with van der Waals surface area (Å²) < 4.78 is 169. The average Bonchev–Trinajstić information content (AvgIpc) is 0.825. The Hall–Kier alpha value is -2.18. The molecule has 622 valence electrons. The molecule has 0 saturated carbocycles. The van der Waals surface area contributed by atoms with Gasteiger partial charge in [-0.25, -0.2) is 0 Å². The first-order valence-electron chi connectivity index (χ1n) is 37.9. The van der Waals surface area contributed by atoms with E-state index in [4.69, 9.17) is 142 Å². The molecule has 0 aromatic heterocycles. The third kappa shape index (κ3) is 73.1. The molecule has 1 fully saturated rings. The summed E-state index contributed by atoms with van der Waals surface area (Å²) in [6.07, 6.45) is -0.648. The Bertz CT molecular complexity index is 1850. The summed E-state index contributed by atoms with van der Waals surface area (Å²) in [6.45, 7) is 36.7. The van der Waals surface area contributed by atoms with E-state index in [-0.39, 0.29) is 30.7 Å². The largest absolute Gasteiger partial charge is 0.485 e. The summed E-state index contributed by atoms with van der Waals surface area (Å²) in [5.41, 5.74) is 1.36. The van der Waals surface area contributed by atoms with E-state index in [9.17, 15) is 5.11 Å². The minimum absolute atomic E-state index is 0.0260. The van der Waals surface area contributed by atoms with Crippen LogP contribution in [-0.2, 0) is 143 Å². The quantitative estimate of drug-likeness (QED) is 0.445. The molecule has 31 heteroatoms. The van der Waals surface area contributed by atoms with E-state index < -0.39 is 12.2 Å². The molecular weight excluding hydrogens is 1380 g/mol. The second-order valence-corrected chi connectivity index (χ2v) is 25.1. The van der Waals surface area contributed by atoms with Gasteiger partial charge >= 0.3 is 0 Å². The number of hydrogen-bond acceptors (Lipinski definition) is 31. The highest BCUT2D eigenvalue weighted by atomic mass is 16.6. The SMILES string of the molecule is CC(C)(C)CC(C)(C)c1ccc(OC2COCCOCCOCCOCCOCCOCCOCCOCCOCCOCCOCCOCCOCCOCCOCCOCCOCCOCCOCCOCCOCCOCCOCCOCCOCCOCCOCCOCCOCC2O)cc1. The topological polar surface area (TPSA) is 297 Å². The number of rotatable bonds is 4. The van der Waals surface area contributed by atoms with Crippen molar-refractivity contribution >= 4 is 0 Å². The normalized spacial score (nSPS) is 23.9. The predicted octanol–water partition coefficient (Wildman–Crippen LogP) is 4.00. The van der Waals surface area contributed by atoms with E-state index in [1.807, 2.05) is 12.1 Å². The van der Waals surface area contributed by atoms with E-state index in [1.54, 1.807) is 0 Å². The summed E-state index contributed by atoms with van der Waals surface area (Å²) in [4.78, 5) is 0. The van der Waals surface area contributed by atoms with E-state index in [0.717, 1.165) is 6.42 Å². The van der Waals surface area contributed by atoms with Crippen molar-refractivity contribution in [2.45, 2.75) is 58.7 Å². The Morgan fingerprint density at radius 3 is 0.524 bits per heavy atom. The van der Waals surface area contributed by atoms with Crippen LogP contribution in [0.2, 0.25) is 0 Å². The molecule has 1 saturated heterocycles. The van der Waals surface area contributed by atoms with Crippen LogP contribution < -0.4 is 4.74 Å². The van der Waals surface area contributed by atoms with Gasteiger partial charge in [-0.1, -0.05) is 46.8 Å². The Morgan fingerprint density at radius 1 is 0.229 bits per heavy atom. The second kappa shape index (κ2) is 78.5. The van der Waals surface area contributed by atoms with Crippen molar-refractivity contribution in [3.63, 3.8) is 0 Å². The van der Waals surface area contributed by atoms with Crippen LogP contribution in [0, 0.1) is 5.41 Å². The van der Waals surface area contributed by atoms with Gasteiger partial charge in [-0.3, -0.25) is 0 Å². The lowest BCUT2D eigenvalue weighted by Crippen LogP contribution is -2.39. The lowest BCUT2D eigenvalue weighted by atomic mass is 9.72. The summed E-state index contributed by atoms with van der Waals surface area (Å²) >= 11 is 0. The molecule has 2 rings (SSSR count). The minimum Gasteiger partial charge on any atom is -0.485 e. The van der Waals surface area contributed by atoms with Crippen LogP contribution in [0.5, 0.6) is 5.75 Å². The first-order valence-corrected chi connectivity index (χ1v) is 37.9. The molecule has 105 heavy (non-hydrogen) atoms. The zero-order chi connectivity index (χ0) is 75.1. The molecule has 1 aromatic carbocycles. The van der Waals surface area contributed by atoms with Crippen LogP contribution in [-0.4, -0.2) is 401 Å². The predicted molar refractivity (Wildman–Crippen MR) is 388 cm³/mol. The summed E-state index contributed by atoms with van der Waals surface area (Å²) in [5, 5.41) is 11.2. The van der Waals surface area contributed by atoms with Gasteiger partial charge < -0.3 is 147 Å². The van der Waals surface area contributed by atoms with Gasteiger partial charge in [-0.2, -0.15) is 0 Å². The molecule has 31 nitrogen and oxygen atoms in total. The fraction of sp³-hybridized carbons (Fsp3) is 0.919. The highest BCUT2D eigenvalue weighted by Crippen LogP contribution is 2.37. The number of benzene rings is 1. The van der Waals surface area contributed by atoms with Gasteiger partial charge in [0.25, 0.3) is 0 Å². The van der Waals surface area contributed by atoms with Gasteiger partial charge in [-0.05, 0) is 34.9 Å². The summed E-state index contributed by atoms with van der Waals surface area (Å²) in [5.74, 6) is 0.629. The monoisotopic (exact) mass is 1520 g/mol. The Balaban J connectivity index is 1.57. The Kier molecular flexibility index (Phi) is 73.9. The van der Waals surface area contributed by atoms with Crippen LogP contribution in [0.3, 0.4) is 0 Å². The number of ether oxygens (including phenoxy) is 30. The van der Waals surface area contributed by atoms with Crippen molar-refractivity contribution in [1.82, 2.24) is 0 Å². The highest BCUT2D eigenvalue weighted by Gasteiger charge is 2.28. The molecule has 0 amide bonds. The smallest absolute Gasteiger partial charge is 0.150 e. The highest BCUT2D eigenvalue weighted by molar-refractivity contribution is 5.32. The van der Waals surface area contributed by atoms with Gasteiger partial charge in [-0.15, -0.1) is 0 Å². The van der Waals surface area contributed by atoms with Crippen LogP contribution in [0.1, 0.15) is 46.6 Å². The maximum absolute atomic E-state index is 11.2. The molecule has 0 radical (unpaired) electrons. The molecule has 1 aromatic rings. The second-order valence-electron chi connectivity index (χ2n) is 25.1. The van der Waals surface area contributed by atoms with Crippen LogP contribution in [0.4, 0.5) is 0 Å². The van der Waals surface area contributed by atoms with Crippen molar-refractivity contribution in [3.8, 4) is 5.75 Å². The summed E-state index contributed by atoms with van der Waals surface area (Å²) in [6, 6.07) is 8.07. The molecule has 0 aliphatic carbocycles. The molecule has 2 atom stereocenters. The number of aliphatic hydroxyl groups excluding tert-OH is 1. The van der Waals surface area contributed by atoms with Gasteiger partial charge in [0.2, 0.25) is 0 Å². The van der Waals surface area contributed by atoms with Crippen molar-refractivity contribution in [2.24, 2.45) is 5.41 Å². The van der Waals surface area contributed by atoms with Crippen LogP contribution in [0.15, 0.2) is 24.3 Å². The van der Waals surface area contributed by atoms with E-state index in [2.05, 4.69) is 46.8 Å². The van der Waals surface area contributed by atoms with E-state index >= 15 is 0 Å². The Labute approximate surface area is 627 Å². The fourth-order valence-electron chi connectivity index (χ4n) is 9.38. The zero-order valence-electron chi connectivity index (χ0n) is 64.9. The average molecular weight is 1530 g/mol. The third-order valence-electron chi connectivity index (χ3n) is 14.3. The molecule has 0 spiro atoms. The van der Waals surface area contributed by atoms with Crippen molar-refractivity contribution in [2.75, 3.05) is 383 Å². The Morgan fingerprint density at radius 2 is 0.371 bits per heavy atom. The zero-order valence-corrected chi connectivity index (χ0v) is 64.9. The number of hydrogen-bond donors (Lipinski definition) is 1. The fourth-order valence-corrected chi connectivity index (χ4v) is 9.38. The maximum Gasteiger partial charge on any atom is 0.150 e. The third-order valence-corrected chi connectivity index (χ3v) is 14.3. The number of aliphatic hydroxyl groups is 1. The molecule has 1 N–H and O–H groups in total. The van der Waals surface area contributed by atoms with Gasteiger partial charge in [0.1, 0.15) is 18.0 Å². The van der Waals surface area contributed by atoms with Crippen LogP contribution in [0.25, 0.3) is 0 Å². The molecule has 1 heterocycles. The molecule has 1 aliphatic rings. The first kappa shape index (κ1) is 98.9. The van der Waals surface area contributed by atoms with E-state index in [1.165, 1.54) is 5.56 Å². The molecule has 1 aliphatic heterocycles. The van der Waals surface area contributed by atoms with Gasteiger partial charge in [0.05, 0.1) is 383 Å². The molecule has 0 bridgehead atoms. The minimum atomic E-state index is -0.971. The van der Waals surface area contributed by atoms with E-state index in [0.29, 0.717) is 369 Å². The molecule has 2 unspecified atom stereocenters. The summed E-state index contributed by atoms with van der Waals surface area (Å²) in [7, 11) is 0. The van der Waals surface area contributed by atoms with Crippen molar-refractivity contribution in [1.29, 1.82) is 0 Å². The standard InChI is InChI=1S/C74H140O31/c1-73(2,3)68-74(4,5)69-6-8-70(9-7-69)105-72-67-104-65-63-102-61-59-100-57-55-98-53-51-96-49-47-94-45-43-92-41-39-90-37-35-88-33-31-86-29-27-84-25-23-82-21-19-80-17-15-78-13-11-76-10-12-77-14-16-79-18-20-81-22-24-83-26-28-85-30-32-87-34-36-89-38-40-91-42-44-93-46-48-95-50-52-97-54-56-99-58-60-101-62-64-103-66-71(72)75/h6-9,71-72,75H,10-68H2,1-5H3. The van der Waals surface area contributed by atoms with Crippen molar-refractivity contribution < 1.29 is 147 Å². The maximum atomic E-state index is 11.2. The lowest BCUT2D eigenvalue weighted by Gasteiger charge is -2.33. The first-order chi connectivity index (χ1) is 51.7. The van der Waals surface area contributed by atoms with Gasteiger partial charge in [0.15, 0.2) is 0 Å². The lowest BCUT2D eigenvalue weighted by molar-refractivity contribution is -0.0740. The van der Waals surface area contributed by atoms with Crippen molar-refractivity contribution in [3.05, 3.63) is 29.8 Å². The van der Waals surface area contributed by atoms with Gasteiger partial charge in [0, 0.05) is 0 Å². The van der Waals surface area contributed by atoms with Crippen LogP contribution >= 0.6 is 0 Å². The molecular formula is C74H140O31.